The summed E-state index contributed by atoms with van der Waals surface area (Å²) in [7, 11) is 0. The monoisotopic (exact) mass is 334 g/mol. The first-order valence-electron chi connectivity index (χ1n) is 7.24. The van der Waals surface area contributed by atoms with E-state index in [-0.39, 0.29) is 18.9 Å². The average Bonchev–Trinajstić information content (AvgIpc) is 2.88. The maximum absolute atomic E-state index is 13.2. The molecule has 9 heteroatoms. The summed E-state index contributed by atoms with van der Waals surface area (Å²) in [6, 6.07) is 0. The summed E-state index contributed by atoms with van der Waals surface area (Å²) in [5.74, 6) is -1.48. The van der Waals surface area contributed by atoms with Crippen LogP contribution in [0, 0.1) is 11.3 Å². The molecule has 0 unspecified atom stereocenters. The van der Waals surface area contributed by atoms with Gasteiger partial charge in [-0.3, -0.25) is 15.0 Å². The number of carbonyl (C=O) groups is 1. The molecule has 1 saturated carbocycles. The Labute approximate surface area is 129 Å². The molecule has 5 nitrogen and oxygen atoms in total. The molecule has 2 aliphatic rings. The topological polar surface area (TPSA) is 58.1 Å². The number of nitrogens with zero attached hydrogens (tertiary/aromatic N) is 3. The second kappa shape index (κ2) is 5.77. The Kier molecular flexibility index (Phi) is 4.11. The van der Waals surface area contributed by atoms with E-state index in [4.69, 9.17) is 0 Å². The van der Waals surface area contributed by atoms with Crippen molar-refractivity contribution in [3.8, 4) is 0 Å². The number of halogens is 3. The van der Waals surface area contributed by atoms with E-state index in [0.717, 1.165) is 6.42 Å². The van der Waals surface area contributed by atoms with Crippen LogP contribution in [0.15, 0.2) is 5.51 Å². The summed E-state index contributed by atoms with van der Waals surface area (Å²) >= 11 is 1.21. The molecular weight excluding hydrogens is 317 g/mol. The van der Waals surface area contributed by atoms with Gasteiger partial charge in [-0.1, -0.05) is 17.8 Å². The van der Waals surface area contributed by atoms with Crippen molar-refractivity contribution in [3.05, 3.63) is 5.51 Å². The number of hydrogen-bond acceptors (Lipinski definition) is 5. The fraction of sp³-hybridized carbons (Fsp3) is 0.769. The largest absolute Gasteiger partial charge is 0.392 e. The van der Waals surface area contributed by atoms with E-state index in [1.807, 2.05) is 4.90 Å². The third kappa shape index (κ3) is 3.10. The van der Waals surface area contributed by atoms with Gasteiger partial charge in [-0.05, 0) is 31.2 Å². The van der Waals surface area contributed by atoms with Gasteiger partial charge in [0, 0.05) is 6.54 Å². The predicted octanol–water partition coefficient (Wildman–Crippen LogP) is 2.53. The zero-order valence-electron chi connectivity index (χ0n) is 11.9. The van der Waals surface area contributed by atoms with E-state index in [1.165, 1.54) is 16.8 Å². The number of likely N-dealkylation sites (tertiary alicyclic amines) is 1. The molecular formula is C13H17F3N4OS. The first-order valence-corrected chi connectivity index (χ1v) is 8.12. The number of anilines is 1. The fourth-order valence-corrected chi connectivity index (χ4v) is 4.09. The predicted molar refractivity (Wildman–Crippen MR) is 75.4 cm³/mol. The van der Waals surface area contributed by atoms with Gasteiger partial charge in [-0.15, -0.1) is 10.2 Å². The number of nitrogens with one attached hydrogen (secondary N) is 1. The molecule has 1 aromatic heterocycles. The van der Waals surface area contributed by atoms with Gasteiger partial charge in [-0.2, -0.15) is 13.2 Å². The van der Waals surface area contributed by atoms with Crippen molar-refractivity contribution in [2.75, 3.05) is 25.0 Å². The maximum atomic E-state index is 13.2. The van der Waals surface area contributed by atoms with Crippen molar-refractivity contribution in [3.63, 3.8) is 0 Å². The van der Waals surface area contributed by atoms with Crippen molar-refractivity contribution in [1.29, 1.82) is 0 Å². The van der Waals surface area contributed by atoms with E-state index < -0.39 is 17.5 Å². The Balaban J connectivity index is 1.59. The number of aromatic nitrogens is 2. The highest BCUT2D eigenvalue weighted by Gasteiger charge is 2.57. The summed E-state index contributed by atoms with van der Waals surface area (Å²) in [6.45, 7) is 0.752. The molecule has 0 bridgehead atoms. The molecule has 1 atom stereocenters. The zero-order chi connectivity index (χ0) is 15.8. The number of piperidine rings is 1. The molecule has 2 fully saturated rings. The molecule has 22 heavy (non-hydrogen) atoms. The summed E-state index contributed by atoms with van der Waals surface area (Å²) in [4.78, 5) is 13.8. The van der Waals surface area contributed by atoms with Crippen LogP contribution >= 0.6 is 11.3 Å². The van der Waals surface area contributed by atoms with Gasteiger partial charge in [0.2, 0.25) is 11.0 Å². The third-order valence-corrected chi connectivity index (χ3v) is 5.34. The van der Waals surface area contributed by atoms with E-state index in [9.17, 15) is 18.0 Å². The SMILES string of the molecule is O=C(CN1CC[C@@H](C(F)(F)F)C2(CCC2)C1)Nc1nncs1. The number of alkyl halides is 3. The lowest BCUT2D eigenvalue weighted by Crippen LogP contribution is -2.57. The van der Waals surface area contributed by atoms with Crippen LogP contribution < -0.4 is 5.32 Å². The molecule has 1 aromatic rings. The molecule has 1 spiro atoms. The van der Waals surface area contributed by atoms with Crippen molar-refractivity contribution < 1.29 is 18.0 Å². The van der Waals surface area contributed by atoms with Gasteiger partial charge >= 0.3 is 6.18 Å². The quantitative estimate of drug-likeness (QED) is 0.923. The zero-order valence-corrected chi connectivity index (χ0v) is 12.7. The smallest absolute Gasteiger partial charge is 0.299 e. The van der Waals surface area contributed by atoms with Crippen LogP contribution in [0.3, 0.4) is 0 Å². The Morgan fingerprint density at radius 3 is 2.82 bits per heavy atom. The molecule has 0 radical (unpaired) electrons. The van der Waals surface area contributed by atoms with Crippen LogP contribution in [0.2, 0.25) is 0 Å². The Bertz CT molecular complexity index is 530. The summed E-state index contributed by atoms with van der Waals surface area (Å²) in [6.07, 6.45) is -2.01. The van der Waals surface area contributed by atoms with Gasteiger partial charge in [0.15, 0.2) is 0 Å². The number of hydrogen-bond donors (Lipinski definition) is 1. The molecule has 1 aliphatic carbocycles. The van der Waals surface area contributed by atoms with E-state index in [0.29, 0.717) is 31.1 Å². The molecule has 122 valence electrons. The highest BCUT2D eigenvalue weighted by molar-refractivity contribution is 7.13. The van der Waals surface area contributed by atoms with Gasteiger partial charge in [0.25, 0.3) is 0 Å². The summed E-state index contributed by atoms with van der Waals surface area (Å²) in [5, 5.41) is 10.4. The van der Waals surface area contributed by atoms with Crippen molar-refractivity contribution in [1.82, 2.24) is 15.1 Å². The third-order valence-electron chi connectivity index (χ3n) is 4.73. The van der Waals surface area contributed by atoms with Crippen LogP contribution in [-0.4, -0.2) is 46.8 Å². The molecule has 1 amide bonds. The van der Waals surface area contributed by atoms with Gasteiger partial charge in [-0.25, -0.2) is 0 Å². The van der Waals surface area contributed by atoms with Crippen LogP contribution in [0.5, 0.6) is 0 Å². The van der Waals surface area contributed by atoms with Crippen molar-refractivity contribution in [2.45, 2.75) is 31.9 Å². The molecule has 2 heterocycles. The van der Waals surface area contributed by atoms with E-state index >= 15 is 0 Å². The Hall–Kier alpha value is -1.22. The normalized spacial score (nSPS) is 25.0. The van der Waals surface area contributed by atoms with E-state index in [2.05, 4.69) is 15.5 Å². The number of carbonyl (C=O) groups excluding carboxylic acids is 1. The minimum atomic E-state index is -4.14. The highest BCUT2D eigenvalue weighted by Crippen LogP contribution is 2.56. The molecule has 1 aliphatic heterocycles. The van der Waals surface area contributed by atoms with Crippen LogP contribution in [0.4, 0.5) is 18.3 Å². The van der Waals surface area contributed by atoms with Gasteiger partial charge in [0.1, 0.15) is 5.51 Å². The van der Waals surface area contributed by atoms with Crippen LogP contribution in [0.25, 0.3) is 0 Å². The molecule has 3 rings (SSSR count). The highest BCUT2D eigenvalue weighted by atomic mass is 32.1. The average molecular weight is 334 g/mol. The summed E-state index contributed by atoms with van der Waals surface area (Å²) < 4.78 is 39.6. The lowest BCUT2D eigenvalue weighted by Gasteiger charge is -2.54. The molecule has 0 aromatic carbocycles. The minimum absolute atomic E-state index is 0.0790. The Morgan fingerprint density at radius 1 is 1.50 bits per heavy atom. The fourth-order valence-electron chi connectivity index (χ4n) is 3.63. The standard InChI is InChI=1S/C13H17F3N4OS/c14-13(15,16)9-2-5-20(7-12(9)3-1-4-12)6-10(21)18-11-19-17-8-22-11/h8-9H,1-7H2,(H,18,19,21)/t9-/m1/s1. The van der Waals surface area contributed by atoms with E-state index in [1.54, 1.807) is 0 Å². The maximum Gasteiger partial charge on any atom is 0.392 e. The van der Waals surface area contributed by atoms with Crippen LogP contribution in [0.1, 0.15) is 25.7 Å². The lowest BCUT2D eigenvalue weighted by molar-refractivity contribution is -0.237. The van der Waals surface area contributed by atoms with Gasteiger partial charge < -0.3 is 0 Å². The molecule has 1 N–H and O–H groups in total. The first-order chi connectivity index (χ1) is 10.4. The lowest BCUT2D eigenvalue weighted by atomic mass is 9.58. The van der Waals surface area contributed by atoms with Crippen LogP contribution in [-0.2, 0) is 4.79 Å². The minimum Gasteiger partial charge on any atom is -0.299 e. The van der Waals surface area contributed by atoms with Crippen molar-refractivity contribution >= 4 is 22.4 Å². The number of rotatable bonds is 3. The number of amides is 1. The first kappa shape index (κ1) is 15.7. The van der Waals surface area contributed by atoms with Crippen molar-refractivity contribution in [2.24, 2.45) is 11.3 Å². The summed E-state index contributed by atoms with van der Waals surface area (Å²) in [5.41, 5.74) is 0.827. The Morgan fingerprint density at radius 2 is 2.27 bits per heavy atom. The second-order valence-electron chi connectivity index (χ2n) is 6.10. The second-order valence-corrected chi connectivity index (χ2v) is 6.93. The van der Waals surface area contributed by atoms with Gasteiger partial charge in [0.05, 0.1) is 12.5 Å². The molecule has 1 saturated heterocycles.